The van der Waals surface area contributed by atoms with Crippen LogP contribution in [0.4, 0.5) is 0 Å². The summed E-state index contributed by atoms with van der Waals surface area (Å²) in [6.45, 7) is 4.38. The molecule has 0 saturated carbocycles. The number of rotatable bonds is 44. The molecule has 4 heteroatoms. The number of aliphatic hydroxyl groups excluding tert-OH is 2. The van der Waals surface area contributed by atoms with E-state index in [-0.39, 0.29) is 12.5 Å². The maximum Gasteiger partial charge on any atom is 0.220 e. The molecule has 0 rings (SSSR count). The smallest absolute Gasteiger partial charge is 0.220 e. The summed E-state index contributed by atoms with van der Waals surface area (Å²) in [7, 11) is 0. The third kappa shape index (κ3) is 40.3. The maximum atomic E-state index is 12.4. The topological polar surface area (TPSA) is 69.6 Å². The van der Waals surface area contributed by atoms with Crippen LogP contribution < -0.4 is 5.32 Å². The second-order valence-corrected chi connectivity index (χ2v) is 16.5. The van der Waals surface area contributed by atoms with Gasteiger partial charge in [-0.1, -0.05) is 238 Å². The fourth-order valence-electron chi connectivity index (χ4n) is 7.59. The molecular weight excluding hydrogens is 639 g/mol. The molecule has 0 aliphatic heterocycles. The molecule has 4 nitrogen and oxygen atoms in total. The highest BCUT2D eigenvalue weighted by molar-refractivity contribution is 5.76. The third-order valence-corrected chi connectivity index (χ3v) is 11.3. The Morgan fingerprint density at radius 3 is 1.06 bits per heavy atom. The SMILES string of the molecule is CCCCCCCCCC/C=C\CCCCCCCCCCCCCC(=O)NC(CO)C(O)CCCCCCCCCCCCCCCCCCC. The lowest BCUT2D eigenvalue weighted by Gasteiger charge is -2.22. The number of carbonyl (C=O) groups is 1. The molecule has 52 heavy (non-hydrogen) atoms. The van der Waals surface area contributed by atoms with E-state index in [0.29, 0.717) is 12.8 Å². The number of hydrogen-bond acceptors (Lipinski definition) is 3. The van der Waals surface area contributed by atoms with Gasteiger partial charge in [0, 0.05) is 6.42 Å². The van der Waals surface area contributed by atoms with Gasteiger partial charge in [-0.2, -0.15) is 0 Å². The van der Waals surface area contributed by atoms with Crippen LogP contribution in [-0.4, -0.2) is 34.9 Å². The van der Waals surface area contributed by atoms with Gasteiger partial charge >= 0.3 is 0 Å². The van der Waals surface area contributed by atoms with Crippen molar-refractivity contribution in [2.24, 2.45) is 0 Å². The summed E-state index contributed by atoms with van der Waals surface area (Å²) in [5.74, 6) is -0.0282. The lowest BCUT2D eigenvalue weighted by Crippen LogP contribution is -2.45. The number of amides is 1. The Hall–Kier alpha value is -0.870. The third-order valence-electron chi connectivity index (χ3n) is 11.3. The molecular formula is C48H95NO3. The second kappa shape index (κ2) is 44.5. The summed E-state index contributed by atoms with van der Waals surface area (Å²) in [4.78, 5) is 12.4. The summed E-state index contributed by atoms with van der Waals surface area (Å²) in [6.07, 6.45) is 55.9. The highest BCUT2D eigenvalue weighted by Crippen LogP contribution is 2.17. The van der Waals surface area contributed by atoms with Crippen LogP contribution in [0.1, 0.15) is 271 Å². The molecule has 1 amide bonds. The van der Waals surface area contributed by atoms with Crippen LogP contribution in [0.2, 0.25) is 0 Å². The minimum atomic E-state index is -0.656. The first-order valence-electron chi connectivity index (χ1n) is 23.9. The summed E-state index contributed by atoms with van der Waals surface area (Å²) < 4.78 is 0. The minimum Gasteiger partial charge on any atom is -0.394 e. The second-order valence-electron chi connectivity index (χ2n) is 16.5. The van der Waals surface area contributed by atoms with E-state index in [1.807, 2.05) is 0 Å². The van der Waals surface area contributed by atoms with Crippen LogP contribution in [0, 0.1) is 0 Å². The van der Waals surface area contributed by atoms with Crippen molar-refractivity contribution in [3.63, 3.8) is 0 Å². The normalized spacial score (nSPS) is 12.9. The molecule has 310 valence electrons. The molecule has 0 aromatic heterocycles. The fraction of sp³-hybridized carbons (Fsp3) is 0.938. The van der Waals surface area contributed by atoms with Crippen LogP contribution in [0.3, 0.4) is 0 Å². The Bertz CT molecular complexity index is 710. The number of aliphatic hydroxyl groups is 2. The predicted molar refractivity (Wildman–Crippen MR) is 230 cm³/mol. The van der Waals surface area contributed by atoms with Gasteiger partial charge in [0.05, 0.1) is 18.8 Å². The maximum absolute atomic E-state index is 12.4. The van der Waals surface area contributed by atoms with E-state index in [4.69, 9.17) is 0 Å². The highest BCUT2D eigenvalue weighted by atomic mass is 16.3. The molecule has 0 fully saturated rings. The van der Waals surface area contributed by atoms with Crippen LogP contribution in [0.5, 0.6) is 0 Å². The number of allylic oxidation sites excluding steroid dienone is 2. The van der Waals surface area contributed by atoms with Gasteiger partial charge in [-0.25, -0.2) is 0 Å². The molecule has 3 N–H and O–H groups in total. The highest BCUT2D eigenvalue weighted by Gasteiger charge is 2.20. The molecule has 0 bridgehead atoms. The molecule has 2 unspecified atom stereocenters. The molecule has 0 saturated heterocycles. The predicted octanol–water partition coefficient (Wildman–Crippen LogP) is 15.0. The first kappa shape index (κ1) is 51.1. The molecule has 0 aromatic carbocycles. The van der Waals surface area contributed by atoms with E-state index in [1.165, 1.54) is 218 Å². The van der Waals surface area contributed by atoms with Gasteiger partial charge in [0.1, 0.15) is 0 Å². The fourth-order valence-corrected chi connectivity index (χ4v) is 7.59. The Balaban J connectivity index is 3.46. The number of unbranched alkanes of at least 4 members (excludes halogenated alkanes) is 35. The van der Waals surface area contributed by atoms with Gasteiger partial charge in [0.2, 0.25) is 5.91 Å². The standard InChI is InChI=1S/C48H95NO3/c1-3-5-7-9-11-13-15-17-19-21-22-23-24-25-26-28-30-32-34-36-38-40-42-44-48(52)49-46(45-50)47(51)43-41-39-37-35-33-31-29-27-20-18-16-14-12-10-8-6-4-2/h21-22,46-47,50-51H,3-20,23-45H2,1-2H3,(H,49,52)/b22-21-. The van der Waals surface area contributed by atoms with E-state index < -0.39 is 12.1 Å². The Kier molecular flexibility index (Phi) is 43.8. The van der Waals surface area contributed by atoms with E-state index in [0.717, 1.165) is 25.7 Å². The summed E-state index contributed by atoms with van der Waals surface area (Å²) in [6, 6.07) is -0.533. The number of carbonyl (C=O) groups excluding carboxylic acids is 1. The number of hydrogen-bond donors (Lipinski definition) is 3. The Labute approximate surface area is 327 Å². The lowest BCUT2D eigenvalue weighted by molar-refractivity contribution is -0.123. The average molecular weight is 734 g/mol. The largest absolute Gasteiger partial charge is 0.394 e. The molecule has 0 heterocycles. The first-order valence-corrected chi connectivity index (χ1v) is 23.9. The van der Waals surface area contributed by atoms with Gasteiger partial charge in [-0.05, 0) is 38.5 Å². The van der Waals surface area contributed by atoms with Crippen LogP contribution >= 0.6 is 0 Å². The molecule has 2 atom stereocenters. The van der Waals surface area contributed by atoms with Gasteiger partial charge < -0.3 is 15.5 Å². The van der Waals surface area contributed by atoms with Crippen molar-refractivity contribution in [1.82, 2.24) is 5.32 Å². The zero-order valence-electron chi connectivity index (χ0n) is 35.6. The molecule has 0 aliphatic carbocycles. The van der Waals surface area contributed by atoms with E-state index in [2.05, 4.69) is 31.3 Å². The zero-order chi connectivity index (χ0) is 37.8. The number of nitrogens with one attached hydrogen (secondary N) is 1. The first-order chi connectivity index (χ1) is 25.7. The van der Waals surface area contributed by atoms with Gasteiger partial charge in [-0.3, -0.25) is 4.79 Å². The quantitative estimate of drug-likeness (QED) is 0.0431. The molecule has 0 radical (unpaired) electrons. The van der Waals surface area contributed by atoms with Crippen molar-refractivity contribution in [3.05, 3.63) is 12.2 Å². The Morgan fingerprint density at radius 2 is 0.731 bits per heavy atom. The molecule has 0 aliphatic rings. The van der Waals surface area contributed by atoms with Crippen molar-refractivity contribution in [1.29, 1.82) is 0 Å². The lowest BCUT2D eigenvalue weighted by atomic mass is 10.0. The van der Waals surface area contributed by atoms with E-state index in [9.17, 15) is 15.0 Å². The van der Waals surface area contributed by atoms with Crippen LogP contribution in [0.25, 0.3) is 0 Å². The Morgan fingerprint density at radius 1 is 0.442 bits per heavy atom. The van der Waals surface area contributed by atoms with Crippen molar-refractivity contribution in [2.75, 3.05) is 6.61 Å². The van der Waals surface area contributed by atoms with Gasteiger partial charge in [-0.15, -0.1) is 0 Å². The van der Waals surface area contributed by atoms with Crippen molar-refractivity contribution in [3.8, 4) is 0 Å². The van der Waals surface area contributed by atoms with Crippen LogP contribution in [0.15, 0.2) is 12.2 Å². The van der Waals surface area contributed by atoms with Gasteiger partial charge in [0.25, 0.3) is 0 Å². The van der Waals surface area contributed by atoms with E-state index >= 15 is 0 Å². The van der Waals surface area contributed by atoms with Crippen molar-refractivity contribution >= 4 is 5.91 Å². The van der Waals surface area contributed by atoms with Crippen LogP contribution in [-0.2, 0) is 4.79 Å². The minimum absolute atomic E-state index is 0.0282. The van der Waals surface area contributed by atoms with Gasteiger partial charge in [0.15, 0.2) is 0 Å². The monoisotopic (exact) mass is 734 g/mol. The average Bonchev–Trinajstić information content (AvgIpc) is 3.15. The molecule has 0 aromatic rings. The molecule has 0 spiro atoms. The van der Waals surface area contributed by atoms with Crippen molar-refractivity contribution < 1.29 is 15.0 Å². The summed E-state index contributed by atoms with van der Waals surface area (Å²) >= 11 is 0. The zero-order valence-corrected chi connectivity index (χ0v) is 35.6. The summed E-state index contributed by atoms with van der Waals surface area (Å²) in [5.41, 5.74) is 0. The summed E-state index contributed by atoms with van der Waals surface area (Å²) in [5, 5.41) is 23.2. The van der Waals surface area contributed by atoms with E-state index in [1.54, 1.807) is 0 Å². The van der Waals surface area contributed by atoms with Crippen molar-refractivity contribution in [2.45, 2.75) is 283 Å².